The second kappa shape index (κ2) is 9.71. The molecular formula is C21H23F3O4. The van der Waals surface area contributed by atoms with Gasteiger partial charge in [0.25, 0.3) is 0 Å². The number of halogens is 3. The SMILES string of the molecule is CCOC(=O)C(O)(CC(OCc1ccccc1)c1ccccc1)CC(F)(F)F. The molecule has 0 amide bonds. The van der Waals surface area contributed by atoms with E-state index in [2.05, 4.69) is 0 Å². The van der Waals surface area contributed by atoms with Crippen LogP contribution in [0.4, 0.5) is 13.2 Å². The van der Waals surface area contributed by atoms with E-state index in [9.17, 15) is 23.1 Å². The first kappa shape index (κ1) is 21.9. The highest BCUT2D eigenvalue weighted by molar-refractivity contribution is 5.79. The summed E-state index contributed by atoms with van der Waals surface area (Å²) < 4.78 is 49.7. The van der Waals surface area contributed by atoms with Crippen molar-refractivity contribution >= 4 is 5.97 Å². The molecule has 0 aliphatic carbocycles. The van der Waals surface area contributed by atoms with Gasteiger partial charge in [0.15, 0.2) is 5.60 Å². The van der Waals surface area contributed by atoms with Crippen LogP contribution in [0.3, 0.4) is 0 Å². The third kappa shape index (κ3) is 6.65. The molecular weight excluding hydrogens is 373 g/mol. The molecule has 2 aromatic carbocycles. The Hall–Kier alpha value is -2.38. The number of carbonyl (C=O) groups is 1. The molecule has 0 bridgehead atoms. The molecule has 7 heteroatoms. The number of ether oxygens (including phenoxy) is 2. The first-order chi connectivity index (χ1) is 13.2. The van der Waals surface area contributed by atoms with Crippen molar-refractivity contribution in [3.8, 4) is 0 Å². The van der Waals surface area contributed by atoms with E-state index in [0.29, 0.717) is 5.56 Å². The Morgan fingerprint density at radius 3 is 2.14 bits per heavy atom. The minimum absolute atomic E-state index is 0.116. The Labute approximate surface area is 161 Å². The Kier molecular flexibility index (Phi) is 7.60. The average molecular weight is 396 g/mol. The second-order valence-electron chi connectivity index (χ2n) is 6.44. The van der Waals surface area contributed by atoms with Crippen molar-refractivity contribution < 1.29 is 32.5 Å². The Balaban J connectivity index is 2.27. The van der Waals surface area contributed by atoms with Gasteiger partial charge in [0.1, 0.15) is 0 Å². The van der Waals surface area contributed by atoms with Gasteiger partial charge in [-0.3, -0.25) is 0 Å². The minimum atomic E-state index is -4.75. The van der Waals surface area contributed by atoms with E-state index in [-0.39, 0.29) is 13.2 Å². The maximum absolute atomic E-state index is 13.0. The van der Waals surface area contributed by atoms with Crippen molar-refractivity contribution in [1.29, 1.82) is 0 Å². The van der Waals surface area contributed by atoms with Gasteiger partial charge < -0.3 is 14.6 Å². The van der Waals surface area contributed by atoms with Crippen LogP contribution in [0, 0.1) is 0 Å². The number of esters is 1. The first-order valence-electron chi connectivity index (χ1n) is 8.90. The number of benzene rings is 2. The van der Waals surface area contributed by atoms with Crippen LogP contribution in [0.1, 0.15) is 37.0 Å². The Morgan fingerprint density at radius 2 is 1.61 bits per heavy atom. The van der Waals surface area contributed by atoms with Gasteiger partial charge in [-0.25, -0.2) is 4.79 Å². The van der Waals surface area contributed by atoms with Gasteiger partial charge in [-0.2, -0.15) is 13.2 Å². The molecule has 2 unspecified atom stereocenters. The van der Waals surface area contributed by atoms with E-state index in [0.717, 1.165) is 5.56 Å². The molecule has 28 heavy (non-hydrogen) atoms. The standard InChI is InChI=1S/C21H23F3O4/c1-2-27-19(25)20(26,15-21(22,23)24)13-18(17-11-7-4-8-12-17)28-14-16-9-5-3-6-10-16/h3-12,18,26H,2,13-15H2,1H3. The molecule has 0 fully saturated rings. The zero-order valence-corrected chi connectivity index (χ0v) is 15.5. The van der Waals surface area contributed by atoms with Crippen LogP contribution < -0.4 is 0 Å². The van der Waals surface area contributed by atoms with Gasteiger partial charge in [-0.05, 0) is 18.1 Å². The van der Waals surface area contributed by atoms with Crippen molar-refractivity contribution in [2.45, 2.75) is 44.3 Å². The molecule has 2 aromatic rings. The Morgan fingerprint density at radius 1 is 1.04 bits per heavy atom. The second-order valence-corrected chi connectivity index (χ2v) is 6.44. The van der Waals surface area contributed by atoms with Gasteiger partial charge >= 0.3 is 12.1 Å². The number of aliphatic hydroxyl groups is 1. The molecule has 4 nitrogen and oxygen atoms in total. The van der Waals surface area contributed by atoms with Gasteiger partial charge in [-0.1, -0.05) is 60.7 Å². The fourth-order valence-corrected chi connectivity index (χ4v) is 2.84. The molecule has 2 atom stereocenters. The van der Waals surface area contributed by atoms with Crippen molar-refractivity contribution in [2.75, 3.05) is 6.61 Å². The van der Waals surface area contributed by atoms with Crippen molar-refractivity contribution in [2.24, 2.45) is 0 Å². The van der Waals surface area contributed by atoms with Crippen LogP contribution in [0.5, 0.6) is 0 Å². The van der Waals surface area contributed by atoms with Gasteiger partial charge in [0, 0.05) is 6.42 Å². The summed E-state index contributed by atoms with van der Waals surface area (Å²) in [5.41, 5.74) is -1.37. The van der Waals surface area contributed by atoms with Gasteiger partial charge in [-0.15, -0.1) is 0 Å². The van der Waals surface area contributed by atoms with E-state index < -0.39 is 36.7 Å². The summed E-state index contributed by atoms with van der Waals surface area (Å²) in [4.78, 5) is 12.2. The van der Waals surface area contributed by atoms with E-state index in [1.54, 1.807) is 30.3 Å². The largest absolute Gasteiger partial charge is 0.464 e. The molecule has 0 aromatic heterocycles. The summed E-state index contributed by atoms with van der Waals surface area (Å²) in [5, 5.41) is 10.6. The van der Waals surface area contributed by atoms with Crippen LogP contribution in [0.15, 0.2) is 60.7 Å². The number of alkyl halides is 3. The van der Waals surface area contributed by atoms with Crippen LogP contribution >= 0.6 is 0 Å². The third-order valence-corrected chi connectivity index (χ3v) is 4.14. The molecule has 0 radical (unpaired) electrons. The number of hydrogen-bond acceptors (Lipinski definition) is 4. The van der Waals surface area contributed by atoms with Gasteiger partial charge in [0.2, 0.25) is 0 Å². The first-order valence-corrected chi connectivity index (χ1v) is 8.90. The van der Waals surface area contributed by atoms with Crippen molar-refractivity contribution in [3.63, 3.8) is 0 Å². The summed E-state index contributed by atoms with van der Waals surface area (Å²) in [6, 6.07) is 17.6. The normalized spacial score (nSPS) is 14.9. The summed E-state index contributed by atoms with van der Waals surface area (Å²) in [6.07, 6.45) is -7.97. The maximum Gasteiger partial charge on any atom is 0.392 e. The highest BCUT2D eigenvalue weighted by Gasteiger charge is 2.49. The number of hydrogen-bond donors (Lipinski definition) is 1. The van der Waals surface area contributed by atoms with Crippen LogP contribution in [0.25, 0.3) is 0 Å². The Bertz CT molecular complexity index is 734. The molecule has 0 saturated heterocycles. The van der Waals surface area contributed by atoms with Gasteiger partial charge in [0.05, 0.1) is 25.7 Å². The average Bonchev–Trinajstić information content (AvgIpc) is 2.65. The predicted octanol–water partition coefficient (Wildman–Crippen LogP) is 4.58. The zero-order chi connectivity index (χ0) is 20.6. The molecule has 0 spiro atoms. The number of carbonyl (C=O) groups excluding carboxylic acids is 1. The van der Waals surface area contributed by atoms with E-state index in [1.807, 2.05) is 30.3 Å². The zero-order valence-electron chi connectivity index (χ0n) is 15.5. The molecule has 0 saturated carbocycles. The monoisotopic (exact) mass is 396 g/mol. The lowest BCUT2D eigenvalue weighted by atomic mass is 9.89. The summed E-state index contributed by atoms with van der Waals surface area (Å²) in [6.45, 7) is 1.44. The quantitative estimate of drug-likeness (QED) is 0.631. The summed E-state index contributed by atoms with van der Waals surface area (Å²) >= 11 is 0. The van der Waals surface area contributed by atoms with E-state index in [1.165, 1.54) is 6.92 Å². The fourth-order valence-electron chi connectivity index (χ4n) is 2.84. The lowest BCUT2D eigenvalue weighted by molar-refractivity contribution is -0.204. The highest BCUT2D eigenvalue weighted by atomic mass is 19.4. The van der Waals surface area contributed by atoms with E-state index in [4.69, 9.17) is 9.47 Å². The highest BCUT2D eigenvalue weighted by Crippen LogP contribution is 2.36. The summed E-state index contributed by atoms with van der Waals surface area (Å²) in [7, 11) is 0. The van der Waals surface area contributed by atoms with Crippen LogP contribution in [-0.4, -0.2) is 29.5 Å². The van der Waals surface area contributed by atoms with Crippen molar-refractivity contribution in [1.82, 2.24) is 0 Å². The van der Waals surface area contributed by atoms with Crippen molar-refractivity contribution in [3.05, 3.63) is 71.8 Å². The predicted molar refractivity (Wildman–Crippen MR) is 97.3 cm³/mol. The van der Waals surface area contributed by atoms with Crippen LogP contribution in [0.2, 0.25) is 0 Å². The van der Waals surface area contributed by atoms with E-state index >= 15 is 0 Å². The summed E-state index contributed by atoms with van der Waals surface area (Å²) in [5.74, 6) is -1.31. The van der Waals surface area contributed by atoms with Crippen LogP contribution in [-0.2, 0) is 20.9 Å². The lowest BCUT2D eigenvalue weighted by Crippen LogP contribution is -2.45. The molecule has 0 heterocycles. The molecule has 0 aliphatic rings. The lowest BCUT2D eigenvalue weighted by Gasteiger charge is -2.31. The number of rotatable bonds is 9. The smallest absolute Gasteiger partial charge is 0.392 e. The molecule has 2 rings (SSSR count). The minimum Gasteiger partial charge on any atom is -0.464 e. The molecule has 152 valence electrons. The third-order valence-electron chi connectivity index (χ3n) is 4.14. The topological polar surface area (TPSA) is 55.8 Å². The molecule has 1 N–H and O–H groups in total. The maximum atomic E-state index is 13.0. The fraction of sp³-hybridized carbons (Fsp3) is 0.381. The molecule has 0 aliphatic heterocycles.